The van der Waals surface area contributed by atoms with Gasteiger partial charge in [0, 0.05) is 6.07 Å². The fourth-order valence-corrected chi connectivity index (χ4v) is 1.61. The fraction of sp³-hybridized carbons (Fsp3) is 0.455. The third-order valence-electron chi connectivity index (χ3n) is 2.64. The number of ether oxygens (including phenoxy) is 2. The van der Waals surface area contributed by atoms with E-state index < -0.39 is 24.6 Å². The summed E-state index contributed by atoms with van der Waals surface area (Å²) in [4.78, 5) is 0. The maximum atomic E-state index is 9.62. The Morgan fingerprint density at radius 1 is 1.11 bits per heavy atom. The summed E-state index contributed by atoms with van der Waals surface area (Å²) in [6.07, 6.45) is -5.22. The Morgan fingerprint density at radius 2 is 1.83 bits per heavy atom. The van der Waals surface area contributed by atoms with E-state index in [4.69, 9.17) is 14.6 Å². The Balaban J connectivity index is 2.09. The van der Waals surface area contributed by atoms with Gasteiger partial charge >= 0.3 is 0 Å². The molecule has 0 unspecified atom stereocenters. The van der Waals surface area contributed by atoms with E-state index in [2.05, 4.69) is 0 Å². The number of hydrogen-bond acceptors (Lipinski definition) is 7. The van der Waals surface area contributed by atoms with Crippen LogP contribution in [-0.4, -0.2) is 56.7 Å². The second kappa shape index (κ2) is 4.99. The Bertz CT molecular complexity index is 422. The Hall–Kier alpha value is -1.54. The van der Waals surface area contributed by atoms with Crippen molar-refractivity contribution in [3.8, 4) is 17.2 Å². The van der Waals surface area contributed by atoms with Gasteiger partial charge in [0.25, 0.3) is 0 Å². The van der Waals surface area contributed by atoms with Crippen molar-refractivity contribution in [3.05, 3.63) is 18.2 Å². The van der Waals surface area contributed by atoms with Crippen molar-refractivity contribution in [1.82, 2.24) is 0 Å². The molecule has 1 aliphatic heterocycles. The van der Waals surface area contributed by atoms with Gasteiger partial charge < -0.3 is 35.0 Å². The van der Waals surface area contributed by atoms with Crippen LogP contribution in [0.4, 0.5) is 0 Å². The number of rotatable bonds is 2. The van der Waals surface area contributed by atoms with E-state index in [9.17, 15) is 20.4 Å². The Labute approximate surface area is 102 Å². The molecular formula is C11H14O7. The molecule has 0 radical (unpaired) electrons. The lowest BCUT2D eigenvalue weighted by molar-refractivity contribution is -0.242. The zero-order valence-corrected chi connectivity index (χ0v) is 9.30. The minimum Gasteiger partial charge on any atom is -0.508 e. The number of aromatic hydroxyl groups is 2. The highest BCUT2D eigenvalue weighted by atomic mass is 16.7. The number of aliphatic hydroxyl groups excluding tert-OH is 3. The van der Waals surface area contributed by atoms with Crippen LogP contribution in [0.1, 0.15) is 0 Å². The molecule has 1 heterocycles. The molecular weight excluding hydrogens is 244 g/mol. The third-order valence-corrected chi connectivity index (χ3v) is 2.64. The van der Waals surface area contributed by atoms with Gasteiger partial charge in [0.2, 0.25) is 6.29 Å². The number of benzene rings is 1. The molecule has 5 N–H and O–H groups in total. The average Bonchev–Trinajstić information content (AvgIpc) is 2.33. The maximum absolute atomic E-state index is 9.62. The molecule has 7 nitrogen and oxygen atoms in total. The van der Waals surface area contributed by atoms with E-state index in [0.717, 1.165) is 6.07 Å². The average molecular weight is 258 g/mol. The largest absolute Gasteiger partial charge is 0.508 e. The first-order chi connectivity index (χ1) is 8.49. The smallest absolute Gasteiger partial charge is 0.229 e. The highest BCUT2D eigenvalue weighted by Crippen LogP contribution is 2.31. The van der Waals surface area contributed by atoms with Crippen LogP contribution in [0.15, 0.2) is 18.2 Å². The molecule has 1 aromatic carbocycles. The van der Waals surface area contributed by atoms with Crippen LogP contribution in [0.25, 0.3) is 0 Å². The van der Waals surface area contributed by atoms with Crippen molar-refractivity contribution in [2.24, 2.45) is 0 Å². The van der Waals surface area contributed by atoms with Crippen LogP contribution in [0, 0.1) is 0 Å². The van der Waals surface area contributed by atoms with Crippen LogP contribution < -0.4 is 4.74 Å². The monoisotopic (exact) mass is 258 g/mol. The molecule has 1 aliphatic rings. The van der Waals surface area contributed by atoms with Gasteiger partial charge in [-0.25, -0.2) is 0 Å². The fourth-order valence-electron chi connectivity index (χ4n) is 1.61. The van der Waals surface area contributed by atoms with Gasteiger partial charge in [0.05, 0.1) is 6.61 Å². The van der Waals surface area contributed by atoms with E-state index in [0.29, 0.717) is 0 Å². The van der Waals surface area contributed by atoms with Gasteiger partial charge in [-0.05, 0) is 12.1 Å². The Kier molecular flexibility index (Phi) is 3.58. The summed E-state index contributed by atoms with van der Waals surface area (Å²) in [7, 11) is 0. The lowest BCUT2D eigenvalue weighted by atomic mass is 10.1. The summed E-state index contributed by atoms with van der Waals surface area (Å²) in [5.41, 5.74) is 0. The topological polar surface area (TPSA) is 120 Å². The SMILES string of the molecule is Oc1ccc(O[C@@H]2OC[C@@H](O)[C@H](O)[C@H]2O)c(O)c1. The van der Waals surface area contributed by atoms with Gasteiger partial charge in [-0.1, -0.05) is 0 Å². The van der Waals surface area contributed by atoms with Gasteiger partial charge in [0.15, 0.2) is 11.5 Å². The van der Waals surface area contributed by atoms with E-state index in [1.807, 2.05) is 0 Å². The van der Waals surface area contributed by atoms with E-state index in [-0.39, 0.29) is 23.9 Å². The number of aliphatic hydroxyl groups is 3. The van der Waals surface area contributed by atoms with Crippen molar-refractivity contribution in [1.29, 1.82) is 0 Å². The molecule has 1 saturated heterocycles. The van der Waals surface area contributed by atoms with Gasteiger partial charge in [0.1, 0.15) is 24.1 Å². The lowest BCUT2D eigenvalue weighted by Gasteiger charge is -2.34. The Morgan fingerprint density at radius 3 is 2.50 bits per heavy atom. The standard InChI is InChI=1S/C11H14O7/c12-5-1-2-8(6(13)3-5)18-11-10(16)9(15)7(14)4-17-11/h1-3,7,9-16H,4H2/t7-,9+,10-,11+/m1/s1. The summed E-state index contributed by atoms with van der Waals surface area (Å²) in [6, 6.07) is 3.64. The van der Waals surface area contributed by atoms with Crippen molar-refractivity contribution in [2.75, 3.05) is 6.61 Å². The first-order valence-electron chi connectivity index (χ1n) is 5.33. The highest BCUT2D eigenvalue weighted by Gasteiger charge is 2.39. The number of hydrogen-bond donors (Lipinski definition) is 5. The summed E-state index contributed by atoms with van der Waals surface area (Å²) < 4.78 is 10.2. The minimum atomic E-state index is -1.44. The van der Waals surface area contributed by atoms with Crippen molar-refractivity contribution < 1.29 is 35.0 Å². The highest BCUT2D eigenvalue weighted by molar-refractivity contribution is 5.43. The number of phenols is 2. The summed E-state index contributed by atoms with van der Waals surface area (Å²) >= 11 is 0. The molecule has 100 valence electrons. The molecule has 0 saturated carbocycles. The van der Waals surface area contributed by atoms with Gasteiger partial charge in [-0.15, -0.1) is 0 Å². The van der Waals surface area contributed by atoms with E-state index in [1.54, 1.807) is 0 Å². The first kappa shape index (κ1) is 12.9. The predicted octanol–water partition coefficient (Wildman–Crippen LogP) is -1.08. The molecule has 0 bridgehead atoms. The van der Waals surface area contributed by atoms with Crippen molar-refractivity contribution >= 4 is 0 Å². The van der Waals surface area contributed by atoms with Gasteiger partial charge in [-0.3, -0.25) is 0 Å². The van der Waals surface area contributed by atoms with Crippen LogP contribution in [0.5, 0.6) is 17.2 Å². The predicted molar refractivity (Wildman–Crippen MR) is 58.2 cm³/mol. The normalized spacial score (nSPS) is 32.2. The number of phenolic OH excluding ortho intramolecular Hbond substituents is 2. The van der Waals surface area contributed by atoms with Crippen molar-refractivity contribution in [2.45, 2.75) is 24.6 Å². The molecule has 1 aromatic rings. The van der Waals surface area contributed by atoms with Crippen LogP contribution in [0.2, 0.25) is 0 Å². The first-order valence-corrected chi connectivity index (χ1v) is 5.33. The summed E-state index contributed by atoms with van der Waals surface area (Å²) in [5.74, 6) is -0.479. The quantitative estimate of drug-likeness (QED) is 0.457. The second-order valence-electron chi connectivity index (χ2n) is 4.02. The molecule has 0 aliphatic carbocycles. The lowest BCUT2D eigenvalue weighted by Crippen LogP contribution is -2.54. The molecule has 0 aromatic heterocycles. The van der Waals surface area contributed by atoms with Crippen LogP contribution >= 0.6 is 0 Å². The molecule has 2 rings (SSSR count). The molecule has 7 heteroatoms. The van der Waals surface area contributed by atoms with Crippen LogP contribution in [0.3, 0.4) is 0 Å². The molecule has 0 amide bonds. The van der Waals surface area contributed by atoms with E-state index >= 15 is 0 Å². The van der Waals surface area contributed by atoms with Gasteiger partial charge in [-0.2, -0.15) is 0 Å². The third kappa shape index (κ3) is 2.49. The van der Waals surface area contributed by atoms with Crippen LogP contribution in [-0.2, 0) is 4.74 Å². The summed E-state index contributed by atoms with van der Waals surface area (Å²) in [6.45, 7) is -0.193. The molecule has 18 heavy (non-hydrogen) atoms. The second-order valence-corrected chi connectivity index (χ2v) is 4.02. The molecule has 1 fully saturated rings. The van der Waals surface area contributed by atoms with Crippen molar-refractivity contribution in [3.63, 3.8) is 0 Å². The zero-order chi connectivity index (χ0) is 13.3. The molecule has 0 spiro atoms. The van der Waals surface area contributed by atoms with E-state index in [1.165, 1.54) is 12.1 Å². The zero-order valence-electron chi connectivity index (χ0n) is 9.30. The molecule has 4 atom stereocenters. The summed E-state index contributed by atoms with van der Waals surface area (Å²) in [5, 5.41) is 46.9. The minimum absolute atomic E-state index is 0.0135. The maximum Gasteiger partial charge on any atom is 0.229 e.